The fourth-order valence-corrected chi connectivity index (χ4v) is 2.04. The summed E-state index contributed by atoms with van der Waals surface area (Å²) in [5.41, 5.74) is 1.08. The smallest absolute Gasteiger partial charge is 0.124 e. The zero-order valence-corrected chi connectivity index (χ0v) is 9.46. The van der Waals surface area contributed by atoms with E-state index in [2.05, 4.69) is 5.32 Å². The molecule has 3 heteroatoms. The Morgan fingerprint density at radius 2 is 2.00 bits per heavy atom. The highest BCUT2D eigenvalue weighted by Crippen LogP contribution is 2.23. The Morgan fingerprint density at radius 1 is 1.27 bits per heavy atom. The van der Waals surface area contributed by atoms with E-state index >= 15 is 0 Å². The lowest BCUT2D eigenvalue weighted by atomic mass is 10.1. The number of hydrogen-bond acceptors (Lipinski definition) is 2. The van der Waals surface area contributed by atoms with Gasteiger partial charge in [0.25, 0.3) is 0 Å². The lowest BCUT2D eigenvalue weighted by Crippen LogP contribution is -2.34. The predicted molar refractivity (Wildman–Crippen MR) is 62.5 cm³/mol. The molecule has 1 aliphatic rings. The number of alkyl halides is 1. The summed E-state index contributed by atoms with van der Waals surface area (Å²) in [6.07, 6.45) is 2.50. The topological polar surface area (TPSA) is 21.3 Å². The minimum absolute atomic E-state index is 0.343. The van der Waals surface area contributed by atoms with Crippen LogP contribution in [-0.2, 0) is 5.88 Å². The van der Waals surface area contributed by atoms with Gasteiger partial charge in [0.1, 0.15) is 11.9 Å². The quantitative estimate of drug-likeness (QED) is 0.799. The molecule has 0 spiro atoms. The van der Waals surface area contributed by atoms with Crippen LogP contribution < -0.4 is 10.1 Å². The molecule has 1 N–H and O–H groups in total. The van der Waals surface area contributed by atoms with Crippen LogP contribution in [0.15, 0.2) is 24.3 Å². The van der Waals surface area contributed by atoms with Gasteiger partial charge in [0.2, 0.25) is 0 Å². The first-order valence-corrected chi connectivity index (χ1v) is 5.95. The highest BCUT2D eigenvalue weighted by Gasteiger charge is 2.15. The molecule has 0 atom stereocenters. The van der Waals surface area contributed by atoms with Crippen molar-refractivity contribution in [1.29, 1.82) is 0 Å². The zero-order chi connectivity index (χ0) is 10.5. The molecule has 1 fully saturated rings. The van der Waals surface area contributed by atoms with Crippen LogP contribution in [0.25, 0.3) is 0 Å². The van der Waals surface area contributed by atoms with Crippen molar-refractivity contribution in [3.05, 3.63) is 29.8 Å². The number of hydrogen-bond donors (Lipinski definition) is 1. The van der Waals surface area contributed by atoms with Crippen molar-refractivity contribution >= 4 is 11.6 Å². The summed E-state index contributed by atoms with van der Waals surface area (Å²) in [4.78, 5) is 0. The molecule has 2 rings (SSSR count). The van der Waals surface area contributed by atoms with Gasteiger partial charge in [0, 0.05) is 5.56 Å². The second-order valence-electron chi connectivity index (χ2n) is 3.81. The van der Waals surface area contributed by atoms with E-state index in [-0.39, 0.29) is 0 Å². The molecule has 1 aromatic carbocycles. The molecule has 2 nitrogen and oxygen atoms in total. The Hall–Kier alpha value is -0.730. The number of piperidine rings is 1. The van der Waals surface area contributed by atoms with E-state index in [1.54, 1.807) is 0 Å². The van der Waals surface area contributed by atoms with Gasteiger partial charge < -0.3 is 10.1 Å². The third-order valence-electron chi connectivity index (χ3n) is 2.70. The average molecular weight is 226 g/mol. The van der Waals surface area contributed by atoms with Crippen LogP contribution in [0.1, 0.15) is 18.4 Å². The molecule has 0 unspecified atom stereocenters. The summed E-state index contributed by atoms with van der Waals surface area (Å²) in [6.45, 7) is 2.10. The van der Waals surface area contributed by atoms with Crippen molar-refractivity contribution < 1.29 is 4.74 Å². The fraction of sp³-hybridized carbons (Fsp3) is 0.500. The molecule has 0 saturated carbocycles. The summed E-state index contributed by atoms with van der Waals surface area (Å²) in [7, 11) is 0. The third-order valence-corrected chi connectivity index (χ3v) is 2.98. The van der Waals surface area contributed by atoms with Gasteiger partial charge >= 0.3 is 0 Å². The molecule has 0 amide bonds. The largest absolute Gasteiger partial charge is 0.490 e. The SMILES string of the molecule is ClCc1ccccc1OC1CCNCC1. The Bertz CT molecular complexity index is 310. The van der Waals surface area contributed by atoms with Gasteiger partial charge in [-0.25, -0.2) is 0 Å². The highest BCUT2D eigenvalue weighted by atomic mass is 35.5. The second kappa shape index (κ2) is 5.38. The third kappa shape index (κ3) is 2.86. The summed E-state index contributed by atoms with van der Waals surface area (Å²) in [5, 5.41) is 3.32. The first-order valence-electron chi connectivity index (χ1n) is 5.41. The van der Waals surface area contributed by atoms with Crippen LogP contribution in [0.4, 0.5) is 0 Å². The van der Waals surface area contributed by atoms with Gasteiger partial charge in [0.05, 0.1) is 5.88 Å². The van der Waals surface area contributed by atoms with Gasteiger partial charge in [-0.3, -0.25) is 0 Å². The van der Waals surface area contributed by atoms with Crippen molar-refractivity contribution in [2.75, 3.05) is 13.1 Å². The van der Waals surface area contributed by atoms with E-state index < -0.39 is 0 Å². The Balaban J connectivity index is 2.02. The molecule has 15 heavy (non-hydrogen) atoms. The van der Waals surface area contributed by atoms with Gasteiger partial charge in [-0.15, -0.1) is 11.6 Å². The molecule has 0 aromatic heterocycles. The summed E-state index contributed by atoms with van der Waals surface area (Å²) in [6, 6.07) is 8.00. The fourth-order valence-electron chi connectivity index (χ4n) is 1.82. The van der Waals surface area contributed by atoms with E-state index in [1.807, 2.05) is 24.3 Å². The Morgan fingerprint density at radius 3 is 2.73 bits per heavy atom. The number of rotatable bonds is 3. The van der Waals surface area contributed by atoms with Crippen LogP contribution in [0, 0.1) is 0 Å². The number of ether oxygens (including phenoxy) is 1. The van der Waals surface area contributed by atoms with Gasteiger partial charge in [-0.1, -0.05) is 18.2 Å². The molecule has 0 aliphatic carbocycles. The Labute approximate surface area is 95.6 Å². The lowest BCUT2D eigenvalue weighted by molar-refractivity contribution is 0.161. The number of nitrogens with one attached hydrogen (secondary N) is 1. The van der Waals surface area contributed by atoms with Crippen molar-refractivity contribution in [3.8, 4) is 5.75 Å². The first-order chi connectivity index (χ1) is 7.40. The van der Waals surface area contributed by atoms with E-state index in [4.69, 9.17) is 16.3 Å². The number of para-hydroxylation sites is 1. The number of halogens is 1. The van der Waals surface area contributed by atoms with Crippen LogP contribution in [0.2, 0.25) is 0 Å². The molecule has 82 valence electrons. The Kier molecular flexibility index (Phi) is 3.87. The van der Waals surface area contributed by atoms with Gasteiger partial charge in [-0.2, -0.15) is 0 Å². The standard InChI is InChI=1S/C12H16ClNO/c13-9-10-3-1-2-4-12(10)15-11-5-7-14-8-6-11/h1-4,11,14H,5-9H2. The van der Waals surface area contributed by atoms with Crippen molar-refractivity contribution in [1.82, 2.24) is 5.32 Å². The van der Waals surface area contributed by atoms with E-state index in [0.717, 1.165) is 37.2 Å². The van der Waals surface area contributed by atoms with Crippen LogP contribution in [0.3, 0.4) is 0 Å². The molecule has 1 saturated heterocycles. The maximum atomic E-state index is 5.95. The normalized spacial score (nSPS) is 17.7. The molecule has 1 aliphatic heterocycles. The summed E-state index contributed by atoms with van der Waals surface area (Å²) >= 11 is 5.86. The summed E-state index contributed by atoms with van der Waals surface area (Å²) in [5.74, 6) is 1.46. The maximum absolute atomic E-state index is 5.95. The molecular weight excluding hydrogens is 210 g/mol. The predicted octanol–water partition coefficient (Wildman–Crippen LogP) is 2.56. The van der Waals surface area contributed by atoms with Crippen LogP contribution in [0.5, 0.6) is 5.75 Å². The van der Waals surface area contributed by atoms with Crippen molar-refractivity contribution in [3.63, 3.8) is 0 Å². The highest BCUT2D eigenvalue weighted by molar-refractivity contribution is 6.17. The van der Waals surface area contributed by atoms with Crippen LogP contribution in [-0.4, -0.2) is 19.2 Å². The molecule has 1 aromatic rings. The van der Waals surface area contributed by atoms with Gasteiger partial charge in [0.15, 0.2) is 0 Å². The number of benzene rings is 1. The van der Waals surface area contributed by atoms with Crippen LogP contribution >= 0.6 is 11.6 Å². The van der Waals surface area contributed by atoms with E-state index in [1.165, 1.54) is 0 Å². The minimum atomic E-state index is 0.343. The van der Waals surface area contributed by atoms with E-state index in [9.17, 15) is 0 Å². The van der Waals surface area contributed by atoms with Gasteiger partial charge in [-0.05, 0) is 32.0 Å². The van der Waals surface area contributed by atoms with E-state index in [0.29, 0.717) is 12.0 Å². The average Bonchev–Trinajstić information content (AvgIpc) is 2.31. The monoisotopic (exact) mass is 225 g/mol. The lowest BCUT2D eigenvalue weighted by Gasteiger charge is -2.24. The molecule has 0 bridgehead atoms. The van der Waals surface area contributed by atoms with Crippen molar-refractivity contribution in [2.24, 2.45) is 0 Å². The maximum Gasteiger partial charge on any atom is 0.124 e. The summed E-state index contributed by atoms with van der Waals surface area (Å²) < 4.78 is 5.95. The molecular formula is C12H16ClNO. The zero-order valence-electron chi connectivity index (χ0n) is 8.71. The molecule has 1 heterocycles. The molecule has 0 radical (unpaired) electrons. The second-order valence-corrected chi connectivity index (χ2v) is 4.08. The minimum Gasteiger partial charge on any atom is -0.490 e. The first kappa shape index (κ1) is 10.8. The van der Waals surface area contributed by atoms with Crippen molar-refractivity contribution in [2.45, 2.75) is 24.8 Å².